The molecule has 0 bridgehead atoms. The number of aryl methyl sites for hydroxylation is 2. The molecule has 0 aliphatic rings. The van der Waals surface area contributed by atoms with Crippen molar-refractivity contribution >= 4 is 0 Å². The highest BCUT2D eigenvalue weighted by Crippen LogP contribution is 2.16. The Morgan fingerprint density at radius 1 is 1.35 bits per heavy atom. The summed E-state index contributed by atoms with van der Waals surface area (Å²) in [5.74, 6) is 0.949. The molecule has 0 fully saturated rings. The number of benzene rings is 1. The Morgan fingerprint density at radius 3 is 2.76 bits per heavy atom. The highest BCUT2D eigenvalue weighted by atomic mass is 15.3. The number of nitrogens with one attached hydrogen (secondary N) is 1. The zero-order valence-electron chi connectivity index (χ0n) is 10.5. The fourth-order valence-corrected chi connectivity index (χ4v) is 1.89. The van der Waals surface area contributed by atoms with E-state index in [9.17, 15) is 0 Å². The van der Waals surface area contributed by atoms with E-state index >= 15 is 0 Å². The van der Waals surface area contributed by atoms with E-state index in [0.29, 0.717) is 6.04 Å². The van der Waals surface area contributed by atoms with E-state index in [-0.39, 0.29) is 0 Å². The Morgan fingerprint density at radius 2 is 2.12 bits per heavy atom. The maximum Gasteiger partial charge on any atom is 0.146 e. The molecule has 0 spiro atoms. The van der Waals surface area contributed by atoms with E-state index in [0.717, 1.165) is 12.4 Å². The van der Waals surface area contributed by atoms with E-state index in [1.54, 1.807) is 6.33 Å². The molecule has 1 N–H and O–H groups in total. The van der Waals surface area contributed by atoms with Crippen LogP contribution in [0.1, 0.15) is 29.9 Å². The van der Waals surface area contributed by atoms with Gasteiger partial charge in [0.2, 0.25) is 0 Å². The molecule has 2 aromatic rings. The van der Waals surface area contributed by atoms with Crippen molar-refractivity contribution in [1.29, 1.82) is 0 Å². The van der Waals surface area contributed by atoms with Crippen molar-refractivity contribution < 1.29 is 0 Å². The largest absolute Gasteiger partial charge is 0.320 e. The van der Waals surface area contributed by atoms with Crippen LogP contribution in [0.4, 0.5) is 0 Å². The third-order valence-corrected chi connectivity index (χ3v) is 3.03. The topological polar surface area (TPSA) is 42.7 Å². The summed E-state index contributed by atoms with van der Waals surface area (Å²) in [7, 11) is 1.95. The van der Waals surface area contributed by atoms with Crippen LogP contribution < -0.4 is 5.32 Å². The van der Waals surface area contributed by atoms with E-state index in [4.69, 9.17) is 0 Å². The molecule has 1 atom stereocenters. The first-order chi connectivity index (χ1) is 8.18. The first-order valence-electron chi connectivity index (χ1n) is 5.80. The monoisotopic (exact) mass is 230 g/mol. The average Bonchev–Trinajstić information content (AvgIpc) is 2.72. The molecule has 0 aliphatic heterocycles. The summed E-state index contributed by atoms with van der Waals surface area (Å²) in [4.78, 5) is 0. The number of rotatable bonds is 4. The molecule has 0 amide bonds. The summed E-state index contributed by atoms with van der Waals surface area (Å²) in [6.07, 6.45) is 1.72. The van der Waals surface area contributed by atoms with Crippen LogP contribution in [0.2, 0.25) is 0 Å². The molecular formula is C13H18N4. The fourth-order valence-electron chi connectivity index (χ4n) is 1.89. The van der Waals surface area contributed by atoms with Gasteiger partial charge >= 0.3 is 0 Å². The van der Waals surface area contributed by atoms with Crippen LogP contribution in [-0.4, -0.2) is 14.8 Å². The van der Waals surface area contributed by atoms with Gasteiger partial charge < -0.3 is 9.88 Å². The quantitative estimate of drug-likeness (QED) is 0.873. The van der Waals surface area contributed by atoms with Gasteiger partial charge in [0.1, 0.15) is 12.2 Å². The maximum atomic E-state index is 4.05. The van der Waals surface area contributed by atoms with Gasteiger partial charge in [-0.3, -0.25) is 0 Å². The minimum absolute atomic E-state index is 0.313. The summed E-state index contributed by atoms with van der Waals surface area (Å²) in [6.45, 7) is 5.03. The molecule has 1 aromatic heterocycles. The van der Waals surface area contributed by atoms with Crippen molar-refractivity contribution in [3.63, 3.8) is 0 Å². The van der Waals surface area contributed by atoms with Crippen LogP contribution in [0, 0.1) is 6.92 Å². The molecule has 4 heteroatoms. The normalized spacial score (nSPS) is 12.6. The van der Waals surface area contributed by atoms with Gasteiger partial charge in [-0.1, -0.05) is 24.3 Å². The molecule has 1 aromatic carbocycles. The van der Waals surface area contributed by atoms with Gasteiger partial charge in [-0.05, 0) is 25.0 Å². The first-order valence-corrected chi connectivity index (χ1v) is 5.80. The van der Waals surface area contributed by atoms with Gasteiger partial charge in [0.25, 0.3) is 0 Å². The van der Waals surface area contributed by atoms with Crippen LogP contribution >= 0.6 is 0 Å². The number of nitrogens with zero attached hydrogens (tertiary/aromatic N) is 3. The second-order valence-electron chi connectivity index (χ2n) is 4.32. The standard InChI is InChI=1S/C13H18N4/c1-10-6-4-5-7-12(10)11(2)14-8-13-16-15-9-17(13)3/h4-7,9,11,14H,8H2,1-3H3. The lowest BCUT2D eigenvalue weighted by atomic mass is 10.0. The molecule has 1 heterocycles. The Kier molecular flexibility index (Phi) is 3.54. The molecule has 0 saturated heterocycles. The zero-order valence-corrected chi connectivity index (χ0v) is 10.5. The van der Waals surface area contributed by atoms with Gasteiger partial charge in [0.05, 0.1) is 6.54 Å². The smallest absolute Gasteiger partial charge is 0.146 e. The van der Waals surface area contributed by atoms with Crippen LogP contribution in [-0.2, 0) is 13.6 Å². The Labute approximate surface area is 102 Å². The Hall–Kier alpha value is -1.68. The second kappa shape index (κ2) is 5.10. The number of hydrogen-bond acceptors (Lipinski definition) is 3. The average molecular weight is 230 g/mol. The lowest BCUT2D eigenvalue weighted by molar-refractivity contribution is 0.546. The van der Waals surface area contributed by atoms with Crippen LogP contribution in [0.5, 0.6) is 0 Å². The highest BCUT2D eigenvalue weighted by Gasteiger charge is 2.08. The summed E-state index contributed by atoms with van der Waals surface area (Å²) in [5.41, 5.74) is 2.64. The predicted molar refractivity (Wildman–Crippen MR) is 67.4 cm³/mol. The molecule has 90 valence electrons. The lowest BCUT2D eigenvalue weighted by Crippen LogP contribution is -2.20. The summed E-state index contributed by atoms with van der Waals surface area (Å²) in [5, 5.41) is 11.4. The fraction of sp³-hybridized carbons (Fsp3) is 0.385. The number of hydrogen-bond donors (Lipinski definition) is 1. The molecule has 1 unspecified atom stereocenters. The summed E-state index contributed by atoms with van der Waals surface area (Å²) < 4.78 is 1.93. The van der Waals surface area contributed by atoms with Gasteiger partial charge in [-0.15, -0.1) is 10.2 Å². The molecule has 0 aliphatic carbocycles. The maximum absolute atomic E-state index is 4.05. The molecular weight excluding hydrogens is 212 g/mol. The van der Waals surface area contributed by atoms with Gasteiger partial charge in [-0.2, -0.15) is 0 Å². The van der Waals surface area contributed by atoms with Crippen molar-refractivity contribution in [2.24, 2.45) is 7.05 Å². The van der Waals surface area contributed by atoms with Crippen molar-refractivity contribution in [1.82, 2.24) is 20.1 Å². The first kappa shape index (κ1) is 11.8. The number of aromatic nitrogens is 3. The minimum atomic E-state index is 0.313. The Bertz CT molecular complexity index is 490. The van der Waals surface area contributed by atoms with Crippen LogP contribution in [0.3, 0.4) is 0 Å². The van der Waals surface area contributed by atoms with Gasteiger partial charge in [0.15, 0.2) is 0 Å². The molecule has 4 nitrogen and oxygen atoms in total. The van der Waals surface area contributed by atoms with E-state index < -0.39 is 0 Å². The van der Waals surface area contributed by atoms with Crippen molar-refractivity contribution in [3.05, 3.63) is 47.5 Å². The van der Waals surface area contributed by atoms with Crippen molar-refractivity contribution in [2.45, 2.75) is 26.4 Å². The van der Waals surface area contributed by atoms with Crippen molar-refractivity contribution in [2.75, 3.05) is 0 Å². The van der Waals surface area contributed by atoms with Gasteiger partial charge in [0, 0.05) is 13.1 Å². The third-order valence-electron chi connectivity index (χ3n) is 3.03. The van der Waals surface area contributed by atoms with Crippen molar-refractivity contribution in [3.8, 4) is 0 Å². The Balaban J connectivity index is 2.01. The SMILES string of the molecule is Cc1ccccc1C(C)NCc1nncn1C. The van der Waals surface area contributed by atoms with E-state index in [2.05, 4.69) is 53.6 Å². The predicted octanol–water partition coefficient (Wildman–Crippen LogP) is 1.97. The summed E-state index contributed by atoms with van der Waals surface area (Å²) in [6, 6.07) is 8.74. The van der Waals surface area contributed by atoms with E-state index in [1.807, 2.05) is 11.6 Å². The zero-order chi connectivity index (χ0) is 12.3. The van der Waals surface area contributed by atoms with Gasteiger partial charge in [-0.25, -0.2) is 0 Å². The van der Waals surface area contributed by atoms with Crippen LogP contribution in [0.25, 0.3) is 0 Å². The summed E-state index contributed by atoms with van der Waals surface area (Å²) >= 11 is 0. The molecule has 0 radical (unpaired) electrons. The highest BCUT2D eigenvalue weighted by molar-refractivity contribution is 5.28. The molecule has 17 heavy (non-hydrogen) atoms. The second-order valence-corrected chi connectivity index (χ2v) is 4.32. The lowest BCUT2D eigenvalue weighted by Gasteiger charge is -2.16. The molecule has 0 saturated carbocycles. The van der Waals surface area contributed by atoms with E-state index in [1.165, 1.54) is 11.1 Å². The molecule has 2 rings (SSSR count). The minimum Gasteiger partial charge on any atom is -0.320 e. The third kappa shape index (κ3) is 2.71. The van der Waals surface area contributed by atoms with Crippen LogP contribution in [0.15, 0.2) is 30.6 Å².